The number of aryl methyl sites for hydroxylation is 1. The Balaban J connectivity index is 2.01. The van der Waals surface area contributed by atoms with Crippen molar-refractivity contribution in [2.45, 2.75) is 32.4 Å². The first-order chi connectivity index (χ1) is 7.59. The molecule has 0 saturated carbocycles. The van der Waals surface area contributed by atoms with Gasteiger partial charge in [-0.1, -0.05) is 17.7 Å². The lowest BCUT2D eigenvalue weighted by atomic mass is 10.0. The summed E-state index contributed by atoms with van der Waals surface area (Å²) in [6.07, 6.45) is 1.03. The summed E-state index contributed by atoms with van der Waals surface area (Å²) >= 11 is 0. The van der Waals surface area contributed by atoms with Crippen molar-refractivity contribution >= 4 is 0 Å². The molecule has 1 aromatic rings. The first-order valence-electron chi connectivity index (χ1n) is 5.70. The Labute approximate surface area is 96.4 Å². The average molecular weight is 221 g/mol. The van der Waals surface area contributed by atoms with Crippen LogP contribution in [0.1, 0.15) is 24.5 Å². The molecule has 2 N–H and O–H groups in total. The minimum Gasteiger partial charge on any atom is -0.508 e. The molecule has 0 amide bonds. The lowest BCUT2D eigenvalue weighted by Gasteiger charge is -2.24. The molecule has 0 aromatic heterocycles. The number of hydrogen-bond donors (Lipinski definition) is 2. The van der Waals surface area contributed by atoms with Gasteiger partial charge in [0.05, 0.1) is 6.61 Å². The highest BCUT2D eigenvalue weighted by atomic mass is 16.5. The maximum atomic E-state index is 9.72. The molecule has 1 saturated heterocycles. The van der Waals surface area contributed by atoms with E-state index in [1.54, 1.807) is 6.07 Å². The van der Waals surface area contributed by atoms with E-state index in [4.69, 9.17) is 4.74 Å². The topological polar surface area (TPSA) is 41.5 Å². The van der Waals surface area contributed by atoms with E-state index in [2.05, 4.69) is 12.2 Å². The molecule has 1 aliphatic heterocycles. The summed E-state index contributed by atoms with van der Waals surface area (Å²) in [4.78, 5) is 0. The standard InChI is InChI=1S/C13H19NO2/c1-10-3-4-12(15)11(7-10)8-14-13(2)5-6-16-9-13/h3-4,7,14-15H,5-6,8-9H2,1-2H3. The Bertz CT molecular complexity index is 370. The van der Waals surface area contributed by atoms with Crippen LogP contribution in [0, 0.1) is 6.92 Å². The third kappa shape index (κ3) is 2.54. The van der Waals surface area contributed by atoms with E-state index < -0.39 is 0 Å². The van der Waals surface area contributed by atoms with Gasteiger partial charge in [0.2, 0.25) is 0 Å². The van der Waals surface area contributed by atoms with E-state index in [-0.39, 0.29) is 5.54 Å². The zero-order chi connectivity index (χ0) is 11.6. The van der Waals surface area contributed by atoms with Gasteiger partial charge in [-0.3, -0.25) is 0 Å². The van der Waals surface area contributed by atoms with Crippen LogP contribution in [0.3, 0.4) is 0 Å². The van der Waals surface area contributed by atoms with Gasteiger partial charge in [-0.2, -0.15) is 0 Å². The van der Waals surface area contributed by atoms with E-state index in [1.165, 1.54) is 5.56 Å². The van der Waals surface area contributed by atoms with Crippen LogP contribution in [0.15, 0.2) is 18.2 Å². The lowest BCUT2D eigenvalue weighted by molar-refractivity contribution is 0.171. The molecule has 1 heterocycles. The van der Waals surface area contributed by atoms with E-state index in [9.17, 15) is 5.11 Å². The third-order valence-corrected chi connectivity index (χ3v) is 3.16. The molecule has 0 radical (unpaired) electrons. The Morgan fingerprint density at radius 3 is 3.00 bits per heavy atom. The number of phenolic OH excluding ortho intramolecular Hbond substituents is 1. The third-order valence-electron chi connectivity index (χ3n) is 3.16. The Kier molecular flexibility index (Phi) is 3.17. The highest BCUT2D eigenvalue weighted by Gasteiger charge is 2.28. The number of rotatable bonds is 3. The van der Waals surface area contributed by atoms with Crippen LogP contribution in [0.5, 0.6) is 5.75 Å². The van der Waals surface area contributed by atoms with Gasteiger partial charge in [0.25, 0.3) is 0 Å². The summed E-state index contributed by atoms with van der Waals surface area (Å²) in [6, 6.07) is 5.68. The summed E-state index contributed by atoms with van der Waals surface area (Å²) in [5, 5.41) is 13.2. The van der Waals surface area contributed by atoms with Gasteiger partial charge in [0.1, 0.15) is 5.75 Å². The Morgan fingerprint density at radius 2 is 2.31 bits per heavy atom. The highest BCUT2D eigenvalue weighted by Crippen LogP contribution is 2.22. The van der Waals surface area contributed by atoms with Crippen LogP contribution < -0.4 is 5.32 Å². The Morgan fingerprint density at radius 1 is 1.50 bits per heavy atom. The van der Waals surface area contributed by atoms with Crippen molar-refractivity contribution in [3.05, 3.63) is 29.3 Å². The number of aromatic hydroxyl groups is 1. The summed E-state index contributed by atoms with van der Waals surface area (Å²) in [5.74, 6) is 0.362. The van der Waals surface area contributed by atoms with Gasteiger partial charge in [-0.05, 0) is 26.3 Å². The number of benzene rings is 1. The van der Waals surface area contributed by atoms with Crippen molar-refractivity contribution in [1.82, 2.24) is 5.32 Å². The maximum absolute atomic E-state index is 9.72. The van der Waals surface area contributed by atoms with Gasteiger partial charge in [0, 0.05) is 24.3 Å². The molecule has 16 heavy (non-hydrogen) atoms. The summed E-state index contributed by atoms with van der Waals surface area (Å²) < 4.78 is 5.38. The zero-order valence-corrected chi connectivity index (χ0v) is 9.92. The van der Waals surface area contributed by atoms with Crippen molar-refractivity contribution in [3.63, 3.8) is 0 Å². The van der Waals surface area contributed by atoms with Crippen molar-refractivity contribution in [2.75, 3.05) is 13.2 Å². The molecule has 1 atom stereocenters. The Hall–Kier alpha value is -1.06. The fourth-order valence-corrected chi connectivity index (χ4v) is 1.97. The highest BCUT2D eigenvalue weighted by molar-refractivity contribution is 5.35. The van der Waals surface area contributed by atoms with Gasteiger partial charge in [0.15, 0.2) is 0 Å². The summed E-state index contributed by atoms with van der Waals surface area (Å²) in [7, 11) is 0. The van der Waals surface area contributed by atoms with E-state index >= 15 is 0 Å². The fourth-order valence-electron chi connectivity index (χ4n) is 1.97. The van der Waals surface area contributed by atoms with Gasteiger partial charge in [-0.15, -0.1) is 0 Å². The van der Waals surface area contributed by atoms with E-state index in [1.807, 2.05) is 19.1 Å². The second kappa shape index (κ2) is 4.44. The molecule has 1 unspecified atom stereocenters. The normalized spacial score (nSPS) is 24.9. The summed E-state index contributed by atoms with van der Waals surface area (Å²) in [5.41, 5.74) is 2.17. The van der Waals surface area contributed by atoms with Gasteiger partial charge >= 0.3 is 0 Å². The molecular weight excluding hydrogens is 202 g/mol. The molecule has 1 fully saturated rings. The van der Waals surface area contributed by atoms with E-state index in [0.717, 1.165) is 25.2 Å². The smallest absolute Gasteiger partial charge is 0.120 e. The molecule has 2 rings (SSSR count). The van der Waals surface area contributed by atoms with Crippen LogP contribution in [0.2, 0.25) is 0 Å². The number of nitrogens with one attached hydrogen (secondary N) is 1. The average Bonchev–Trinajstić information content (AvgIpc) is 2.67. The van der Waals surface area contributed by atoms with Crippen LogP contribution in [0.25, 0.3) is 0 Å². The molecule has 1 aromatic carbocycles. The van der Waals surface area contributed by atoms with Crippen LogP contribution in [-0.4, -0.2) is 23.9 Å². The first kappa shape index (κ1) is 11.4. The monoisotopic (exact) mass is 221 g/mol. The first-order valence-corrected chi connectivity index (χ1v) is 5.70. The molecule has 88 valence electrons. The SMILES string of the molecule is Cc1ccc(O)c(CNC2(C)CCOC2)c1. The minimum atomic E-state index is 0.0518. The zero-order valence-electron chi connectivity index (χ0n) is 9.92. The van der Waals surface area contributed by atoms with Crippen LogP contribution in [-0.2, 0) is 11.3 Å². The predicted molar refractivity (Wildman–Crippen MR) is 63.5 cm³/mol. The minimum absolute atomic E-state index is 0.0518. The molecule has 0 aliphatic carbocycles. The predicted octanol–water partition coefficient (Wildman–Crippen LogP) is 1.97. The summed E-state index contributed by atoms with van der Waals surface area (Å²) in [6.45, 7) is 6.45. The van der Waals surface area contributed by atoms with Crippen molar-refractivity contribution in [2.24, 2.45) is 0 Å². The van der Waals surface area contributed by atoms with Crippen LogP contribution in [0.4, 0.5) is 0 Å². The number of ether oxygens (including phenoxy) is 1. The molecular formula is C13H19NO2. The van der Waals surface area contributed by atoms with Gasteiger partial charge < -0.3 is 15.2 Å². The van der Waals surface area contributed by atoms with E-state index in [0.29, 0.717) is 12.3 Å². The quantitative estimate of drug-likeness (QED) is 0.820. The fraction of sp³-hybridized carbons (Fsp3) is 0.538. The van der Waals surface area contributed by atoms with Gasteiger partial charge in [-0.25, -0.2) is 0 Å². The second-order valence-electron chi connectivity index (χ2n) is 4.85. The number of hydrogen-bond acceptors (Lipinski definition) is 3. The number of phenols is 1. The molecule has 3 nitrogen and oxygen atoms in total. The van der Waals surface area contributed by atoms with Crippen molar-refractivity contribution in [1.29, 1.82) is 0 Å². The largest absolute Gasteiger partial charge is 0.508 e. The molecule has 0 bridgehead atoms. The lowest BCUT2D eigenvalue weighted by Crippen LogP contribution is -2.42. The van der Waals surface area contributed by atoms with Crippen molar-refractivity contribution in [3.8, 4) is 5.75 Å². The maximum Gasteiger partial charge on any atom is 0.120 e. The van der Waals surface area contributed by atoms with Crippen molar-refractivity contribution < 1.29 is 9.84 Å². The molecule has 3 heteroatoms. The van der Waals surface area contributed by atoms with Crippen LogP contribution >= 0.6 is 0 Å². The molecule has 1 aliphatic rings. The second-order valence-corrected chi connectivity index (χ2v) is 4.85. The molecule has 0 spiro atoms.